The zero-order valence-electron chi connectivity index (χ0n) is 15.4. The van der Waals surface area contributed by atoms with Crippen LogP contribution in [0.15, 0.2) is 53.7 Å². The largest absolute Gasteiger partial charge is 0.480 e. The molecule has 1 saturated carbocycles. The van der Waals surface area contributed by atoms with Gasteiger partial charge in [0.15, 0.2) is 5.03 Å². The maximum atomic E-state index is 12.9. The predicted molar refractivity (Wildman–Crippen MR) is 105 cm³/mol. The van der Waals surface area contributed by atoms with Crippen molar-refractivity contribution >= 4 is 26.8 Å². The normalized spacial score (nSPS) is 15.6. The molecular formula is C20H21N3O4S. The van der Waals surface area contributed by atoms with E-state index in [0.717, 1.165) is 29.2 Å². The molecule has 0 aliphatic heterocycles. The smallest absolute Gasteiger partial charge is 0.322 e. The van der Waals surface area contributed by atoms with Gasteiger partial charge in [-0.1, -0.05) is 42.5 Å². The summed E-state index contributed by atoms with van der Waals surface area (Å²) >= 11 is 0. The van der Waals surface area contributed by atoms with Crippen molar-refractivity contribution in [1.82, 2.24) is 14.5 Å². The second kappa shape index (κ2) is 7.03. The predicted octanol–water partition coefficient (Wildman–Crippen LogP) is 2.42. The van der Waals surface area contributed by atoms with Gasteiger partial charge in [-0.3, -0.25) is 9.48 Å². The van der Waals surface area contributed by atoms with Crippen molar-refractivity contribution in [3.8, 4) is 0 Å². The lowest BCUT2D eigenvalue weighted by molar-refractivity contribution is -0.138. The van der Waals surface area contributed by atoms with Crippen LogP contribution < -0.4 is 4.72 Å². The standard InChI is InChI=1S/C20H21N3O4S/c1-23-19(17(12-21-23)15-8-9-15)28(26,27)22-18(20(24)25)11-13-6-7-14-4-2-3-5-16(14)10-13/h2-7,10,12,15,18,22H,8-9,11H2,1H3,(H,24,25)/t18-/m0/s1. The molecule has 0 saturated heterocycles. The highest BCUT2D eigenvalue weighted by Gasteiger charge is 2.35. The molecule has 1 heterocycles. The van der Waals surface area contributed by atoms with Gasteiger partial charge in [0.1, 0.15) is 6.04 Å². The number of hydrogen-bond donors (Lipinski definition) is 2. The molecule has 0 radical (unpaired) electrons. The second-order valence-electron chi connectivity index (χ2n) is 7.20. The second-order valence-corrected chi connectivity index (χ2v) is 8.83. The third-order valence-corrected chi connectivity index (χ3v) is 6.64. The Morgan fingerprint density at radius 2 is 1.96 bits per heavy atom. The number of hydrogen-bond acceptors (Lipinski definition) is 4. The number of carboxylic acids is 1. The molecule has 0 amide bonds. The highest BCUT2D eigenvalue weighted by Crippen LogP contribution is 2.42. The lowest BCUT2D eigenvalue weighted by Crippen LogP contribution is -2.43. The van der Waals surface area contributed by atoms with Crippen LogP contribution in [0.2, 0.25) is 0 Å². The summed E-state index contributed by atoms with van der Waals surface area (Å²) in [7, 11) is -2.47. The summed E-state index contributed by atoms with van der Waals surface area (Å²) in [5, 5.41) is 15.8. The molecule has 0 bridgehead atoms. The molecule has 0 spiro atoms. The number of fused-ring (bicyclic) bond motifs is 1. The molecule has 0 unspecified atom stereocenters. The Morgan fingerprint density at radius 3 is 2.64 bits per heavy atom. The molecule has 3 aromatic rings. The van der Waals surface area contributed by atoms with Crippen molar-refractivity contribution in [1.29, 1.82) is 0 Å². The van der Waals surface area contributed by atoms with Gasteiger partial charge >= 0.3 is 5.97 Å². The molecule has 1 fully saturated rings. The van der Waals surface area contributed by atoms with Crippen LogP contribution in [0.5, 0.6) is 0 Å². The van der Waals surface area contributed by atoms with Crippen molar-refractivity contribution in [3.63, 3.8) is 0 Å². The molecule has 28 heavy (non-hydrogen) atoms. The van der Waals surface area contributed by atoms with Gasteiger partial charge < -0.3 is 5.11 Å². The Bertz CT molecular complexity index is 1150. The molecule has 1 aliphatic rings. The van der Waals surface area contributed by atoms with Crippen LogP contribution in [-0.4, -0.2) is 35.3 Å². The van der Waals surface area contributed by atoms with Gasteiger partial charge in [-0.15, -0.1) is 0 Å². The van der Waals surface area contributed by atoms with Crippen molar-refractivity contribution in [2.45, 2.75) is 36.2 Å². The van der Waals surface area contributed by atoms with E-state index in [-0.39, 0.29) is 17.4 Å². The van der Waals surface area contributed by atoms with Crippen LogP contribution in [0.3, 0.4) is 0 Å². The monoisotopic (exact) mass is 399 g/mol. The Kier molecular flexibility index (Phi) is 4.68. The fourth-order valence-corrected chi connectivity index (χ4v) is 5.07. The number of rotatable bonds is 7. The minimum absolute atomic E-state index is 0.0516. The van der Waals surface area contributed by atoms with Crippen LogP contribution in [-0.2, 0) is 28.3 Å². The molecule has 1 aromatic heterocycles. The maximum absolute atomic E-state index is 12.9. The number of aliphatic carboxylic acids is 1. The van der Waals surface area contributed by atoms with Crippen molar-refractivity contribution in [2.75, 3.05) is 0 Å². The highest BCUT2D eigenvalue weighted by molar-refractivity contribution is 7.89. The summed E-state index contributed by atoms with van der Waals surface area (Å²) in [5.74, 6) is -1.03. The van der Waals surface area contributed by atoms with E-state index in [9.17, 15) is 18.3 Å². The van der Waals surface area contributed by atoms with Gasteiger partial charge in [0.2, 0.25) is 0 Å². The minimum atomic E-state index is -4.02. The van der Waals surface area contributed by atoms with Crippen LogP contribution >= 0.6 is 0 Å². The average molecular weight is 399 g/mol. The third-order valence-electron chi connectivity index (χ3n) is 5.03. The number of benzene rings is 2. The fraction of sp³-hybridized carbons (Fsp3) is 0.300. The number of nitrogens with zero attached hydrogens (tertiary/aromatic N) is 2. The van der Waals surface area contributed by atoms with E-state index in [4.69, 9.17) is 0 Å². The lowest BCUT2D eigenvalue weighted by Gasteiger charge is -2.16. The number of carboxylic acid groups (broad SMARTS) is 1. The molecule has 7 nitrogen and oxygen atoms in total. The van der Waals surface area contributed by atoms with Gasteiger partial charge in [-0.2, -0.15) is 9.82 Å². The van der Waals surface area contributed by atoms with Crippen LogP contribution in [0.1, 0.15) is 29.9 Å². The molecule has 2 aromatic carbocycles. The third kappa shape index (κ3) is 3.65. The van der Waals surface area contributed by atoms with Gasteiger partial charge in [0, 0.05) is 12.6 Å². The molecule has 4 rings (SSSR count). The number of sulfonamides is 1. The molecule has 2 N–H and O–H groups in total. The average Bonchev–Trinajstić information content (AvgIpc) is 3.42. The van der Waals surface area contributed by atoms with Crippen LogP contribution in [0.4, 0.5) is 0 Å². The van der Waals surface area contributed by atoms with Crippen LogP contribution in [0, 0.1) is 0 Å². The maximum Gasteiger partial charge on any atom is 0.322 e. The summed E-state index contributed by atoms with van der Waals surface area (Å²) in [6, 6.07) is 12.1. The molecule has 8 heteroatoms. The van der Waals surface area contributed by atoms with Gasteiger partial charge in [-0.05, 0) is 41.5 Å². The topological polar surface area (TPSA) is 101 Å². The van der Waals surface area contributed by atoms with E-state index >= 15 is 0 Å². The quantitative estimate of drug-likeness (QED) is 0.635. The number of carbonyl (C=O) groups is 1. The first-order valence-corrected chi connectivity index (χ1v) is 10.6. The first-order chi connectivity index (χ1) is 13.3. The van der Waals surface area contributed by atoms with E-state index in [2.05, 4.69) is 9.82 Å². The van der Waals surface area contributed by atoms with E-state index < -0.39 is 22.0 Å². The summed E-state index contributed by atoms with van der Waals surface area (Å²) in [6.07, 6.45) is 3.46. The Balaban J connectivity index is 1.61. The fourth-order valence-electron chi connectivity index (χ4n) is 3.47. The first kappa shape index (κ1) is 18.6. The molecule has 146 valence electrons. The van der Waals surface area contributed by atoms with Crippen molar-refractivity contribution < 1.29 is 18.3 Å². The number of nitrogens with one attached hydrogen (secondary N) is 1. The zero-order chi connectivity index (χ0) is 19.9. The Hall–Kier alpha value is -2.71. The Labute approximate surface area is 163 Å². The van der Waals surface area contributed by atoms with E-state index in [0.29, 0.717) is 5.56 Å². The van der Waals surface area contributed by atoms with E-state index in [1.54, 1.807) is 13.2 Å². The van der Waals surface area contributed by atoms with Crippen LogP contribution in [0.25, 0.3) is 10.8 Å². The number of aromatic nitrogens is 2. The SMILES string of the molecule is Cn1ncc(C2CC2)c1S(=O)(=O)N[C@@H](Cc1ccc2ccccc2c1)C(=O)O. The van der Waals surface area contributed by atoms with Crippen molar-refractivity contribution in [3.05, 3.63) is 59.8 Å². The number of aryl methyl sites for hydroxylation is 1. The van der Waals surface area contributed by atoms with Gasteiger partial charge in [-0.25, -0.2) is 8.42 Å². The van der Waals surface area contributed by atoms with Crippen molar-refractivity contribution in [2.24, 2.45) is 7.05 Å². The summed E-state index contributed by atoms with van der Waals surface area (Å²) in [5.41, 5.74) is 1.41. The highest BCUT2D eigenvalue weighted by atomic mass is 32.2. The first-order valence-electron chi connectivity index (χ1n) is 9.10. The molecule has 1 atom stereocenters. The Morgan fingerprint density at radius 1 is 1.25 bits per heavy atom. The molecular weight excluding hydrogens is 378 g/mol. The summed E-state index contributed by atoms with van der Waals surface area (Å²) < 4.78 is 29.6. The lowest BCUT2D eigenvalue weighted by atomic mass is 10.0. The zero-order valence-corrected chi connectivity index (χ0v) is 16.2. The summed E-state index contributed by atoms with van der Waals surface area (Å²) in [4.78, 5) is 11.8. The van der Waals surface area contributed by atoms with E-state index in [1.807, 2.05) is 42.5 Å². The van der Waals surface area contributed by atoms with E-state index in [1.165, 1.54) is 4.68 Å². The molecule has 1 aliphatic carbocycles. The van der Waals surface area contributed by atoms with Gasteiger partial charge in [0.05, 0.1) is 6.20 Å². The van der Waals surface area contributed by atoms with Gasteiger partial charge in [0.25, 0.3) is 10.0 Å². The minimum Gasteiger partial charge on any atom is -0.480 e. The summed E-state index contributed by atoms with van der Waals surface area (Å²) in [6.45, 7) is 0.